The molecule has 0 aromatic heterocycles. The van der Waals surface area contributed by atoms with E-state index in [1.807, 2.05) is 6.92 Å². The van der Waals surface area contributed by atoms with Crippen LogP contribution in [-0.4, -0.2) is 110 Å². The number of aliphatic hydroxyl groups is 7. The van der Waals surface area contributed by atoms with Crippen molar-refractivity contribution in [2.75, 3.05) is 13.2 Å². The first-order valence-corrected chi connectivity index (χ1v) is 13.9. The Labute approximate surface area is 220 Å². The van der Waals surface area contributed by atoms with Gasteiger partial charge in [0.2, 0.25) is 5.91 Å². The Hall–Kier alpha value is -0.890. The van der Waals surface area contributed by atoms with Gasteiger partial charge in [-0.3, -0.25) is 4.79 Å². The average Bonchev–Trinajstić information content (AvgIpc) is 2.89. The summed E-state index contributed by atoms with van der Waals surface area (Å²) in [5, 5.41) is 73.4. The maximum atomic E-state index is 12.6. The summed E-state index contributed by atoms with van der Waals surface area (Å²) in [6.45, 7) is 3.04. The number of amides is 1. The summed E-state index contributed by atoms with van der Waals surface area (Å²) in [6.07, 6.45) is -0.823. The molecule has 9 unspecified atom stereocenters. The van der Waals surface area contributed by atoms with Crippen LogP contribution in [0.25, 0.3) is 0 Å². The van der Waals surface area contributed by atoms with Gasteiger partial charge in [0.25, 0.3) is 0 Å². The van der Waals surface area contributed by atoms with E-state index in [1.54, 1.807) is 0 Å². The maximum absolute atomic E-state index is 12.6. The zero-order chi connectivity index (χ0) is 27.8. The summed E-state index contributed by atoms with van der Waals surface area (Å²) >= 11 is 0. The molecule has 1 heterocycles. The lowest BCUT2D eigenvalue weighted by molar-refractivity contribution is -0.303. The fourth-order valence-corrected chi connectivity index (χ4v) is 4.36. The van der Waals surface area contributed by atoms with Gasteiger partial charge in [0.15, 0.2) is 6.29 Å². The van der Waals surface area contributed by atoms with Crippen LogP contribution in [0, 0.1) is 0 Å². The third-order valence-electron chi connectivity index (χ3n) is 6.91. The Morgan fingerprint density at radius 2 is 1.43 bits per heavy atom. The lowest BCUT2D eigenvalue weighted by Gasteiger charge is -2.40. The van der Waals surface area contributed by atoms with Gasteiger partial charge in [-0.25, -0.2) is 0 Å². The first-order valence-electron chi connectivity index (χ1n) is 13.9. The smallest absolute Gasteiger partial charge is 0.249 e. The first kappa shape index (κ1) is 34.1. The van der Waals surface area contributed by atoms with Crippen LogP contribution in [-0.2, 0) is 14.3 Å². The van der Waals surface area contributed by atoms with Gasteiger partial charge in [-0.2, -0.15) is 0 Å². The monoisotopic (exact) mass is 537 g/mol. The fraction of sp³-hybridized carbons (Fsp3) is 0.962. The second-order valence-electron chi connectivity index (χ2n) is 10.1. The molecule has 1 aliphatic rings. The van der Waals surface area contributed by atoms with Crippen molar-refractivity contribution < 1.29 is 50.0 Å². The number of hydrogen-bond acceptors (Lipinski definition) is 10. The molecule has 11 heteroatoms. The zero-order valence-corrected chi connectivity index (χ0v) is 22.5. The second-order valence-corrected chi connectivity index (χ2v) is 10.1. The van der Waals surface area contributed by atoms with Gasteiger partial charge >= 0.3 is 0 Å². The van der Waals surface area contributed by atoms with Crippen LogP contribution in [0.15, 0.2) is 0 Å². The number of carbonyl (C=O) groups is 1. The number of aliphatic hydroxyl groups excluding tert-OH is 7. The Bertz CT molecular complexity index is 596. The minimum atomic E-state index is -1.65. The fourth-order valence-electron chi connectivity index (χ4n) is 4.36. The van der Waals surface area contributed by atoms with E-state index in [4.69, 9.17) is 9.47 Å². The van der Waals surface area contributed by atoms with E-state index in [1.165, 1.54) is 25.7 Å². The third-order valence-corrected chi connectivity index (χ3v) is 6.91. The second kappa shape index (κ2) is 19.2. The van der Waals surface area contributed by atoms with E-state index in [0.717, 1.165) is 25.7 Å². The number of hydrogen-bond donors (Lipinski definition) is 8. The largest absolute Gasteiger partial charge is 0.394 e. The standard InChI is InChI=1S/C26H51NO10/c1-3-5-7-8-9-10-11-12-14-19(30)25(35)27-17(21(31)18(29)13-6-4-2)16-36-26-24(34)23(33)22(32)20(15-28)37-26/h17-24,26,28-34H,3-16H2,1-2H3,(H,27,35). The number of nitrogens with one attached hydrogen (secondary N) is 1. The summed E-state index contributed by atoms with van der Waals surface area (Å²) < 4.78 is 10.8. The normalized spacial score (nSPS) is 27.4. The molecule has 1 rings (SSSR count). The van der Waals surface area contributed by atoms with Crippen molar-refractivity contribution in [3.63, 3.8) is 0 Å². The summed E-state index contributed by atoms with van der Waals surface area (Å²) in [5.74, 6) is -0.716. The highest BCUT2D eigenvalue weighted by molar-refractivity contribution is 5.80. The highest BCUT2D eigenvalue weighted by Gasteiger charge is 2.44. The molecule has 0 aliphatic carbocycles. The minimum absolute atomic E-state index is 0.259. The van der Waals surface area contributed by atoms with Gasteiger partial charge in [-0.05, 0) is 12.8 Å². The first-order chi connectivity index (χ1) is 17.7. The van der Waals surface area contributed by atoms with Crippen molar-refractivity contribution in [3.8, 4) is 0 Å². The summed E-state index contributed by atoms with van der Waals surface area (Å²) in [6, 6.07) is -1.15. The van der Waals surface area contributed by atoms with Crippen LogP contribution in [0.5, 0.6) is 0 Å². The van der Waals surface area contributed by atoms with E-state index < -0.39 is 74.2 Å². The van der Waals surface area contributed by atoms with E-state index in [2.05, 4.69) is 12.2 Å². The van der Waals surface area contributed by atoms with E-state index in [9.17, 15) is 40.5 Å². The van der Waals surface area contributed by atoms with Crippen LogP contribution in [0.3, 0.4) is 0 Å². The SMILES string of the molecule is CCCCCCCCCCC(O)C(=O)NC(COC1OC(CO)C(O)C(O)C1O)C(O)C(O)CCCC. The Kier molecular flexibility index (Phi) is 17.7. The lowest BCUT2D eigenvalue weighted by atomic mass is 9.99. The van der Waals surface area contributed by atoms with E-state index in [-0.39, 0.29) is 12.8 Å². The molecule has 1 saturated heterocycles. The average molecular weight is 538 g/mol. The predicted octanol–water partition coefficient (Wildman–Crippen LogP) is 0.0914. The number of rotatable bonds is 20. The molecule has 0 saturated carbocycles. The van der Waals surface area contributed by atoms with Gasteiger partial charge in [0.05, 0.1) is 25.4 Å². The molecule has 9 atom stereocenters. The molecular formula is C26H51NO10. The molecule has 8 N–H and O–H groups in total. The molecule has 0 radical (unpaired) electrons. The molecule has 1 amide bonds. The van der Waals surface area contributed by atoms with Crippen molar-refractivity contribution in [2.24, 2.45) is 0 Å². The van der Waals surface area contributed by atoms with Gasteiger partial charge in [0, 0.05) is 0 Å². The van der Waals surface area contributed by atoms with Crippen molar-refractivity contribution in [1.82, 2.24) is 5.32 Å². The molecule has 1 fully saturated rings. The molecule has 0 spiro atoms. The number of ether oxygens (including phenoxy) is 2. The number of carbonyl (C=O) groups excluding carboxylic acids is 1. The van der Waals surface area contributed by atoms with Crippen molar-refractivity contribution in [3.05, 3.63) is 0 Å². The van der Waals surface area contributed by atoms with Crippen LogP contribution < -0.4 is 5.32 Å². The topological polar surface area (TPSA) is 189 Å². The van der Waals surface area contributed by atoms with Crippen molar-refractivity contribution >= 4 is 5.91 Å². The van der Waals surface area contributed by atoms with E-state index in [0.29, 0.717) is 12.8 Å². The van der Waals surface area contributed by atoms with Gasteiger partial charge < -0.3 is 50.5 Å². The Balaban J connectivity index is 2.66. The maximum Gasteiger partial charge on any atom is 0.249 e. The molecule has 0 bridgehead atoms. The molecule has 220 valence electrons. The molecule has 37 heavy (non-hydrogen) atoms. The summed E-state index contributed by atoms with van der Waals surface area (Å²) in [7, 11) is 0. The molecule has 0 aromatic rings. The molecule has 0 aromatic carbocycles. The van der Waals surface area contributed by atoms with Gasteiger partial charge in [-0.1, -0.05) is 78.1 Å². The third kappa shape index (κ3) is 12.2. The predicted molar refractivity (Wildman–Crippen MR) is 136 cm³/mol. The zero-order valence-electron chi connectivity index (χ0n) is 22.5. The van der Waals surface area contributed by atoms with Crippen LogP contribution in [0.1, 0.15) is 90.9 Å². The quantitative estimate of drug-likeness (QED) is 0.0988. The van der Waals surface area contributed by atoms with E-state index >= 15 is 0 Å². The van der Waals surface area contributed by atoms with Crippen LogP contribution in [0.4, 0.5) is 0 Å². The summed E-state index contributed by atoms with van der Waals surface area (Å²) in [5.41, 5.74) is 0. The lowest BCUT2D eigenvalue weighted by Crippen LogP contribution is -2.60. The molecule has 1 aliphatic heterocycles. The minimum Gasteiger partial charge on any atom is -0.394 e. The van der Waals surface area contributed by atoms with Gasteiger partial charge in [0.1, 0.15) is 36.6 Å². The Morgan fingerprint density at radius 1 is 0.838 bits per heavy atom. The number of unbranched alkanes of at least 4 members (excludes halogenated alkanes) is 8. The van der Waals surface area contributed by atoms with Gasteiger partial charge in [-0.15, -0.1) is 0 Å². The van der Waals surface area contributed by atoms with Crippen LogP contribution >= 0.6 is 0 Å². The van der Waals surface area contributed by atoms with Crippen molar-refractivity contribution in [1.29, 1.82) is 0 Å². The summed E-state index contributed by atoms with van der Waals surface area (Å²) in [4.78, 5) is 12.6. The highest BCUT2D eigenvalue weighted by Crippen LogP contribution is 2.22. The highest BCUT2D eigenvalue weighted by atomic mass is 16.7. The van der Waals surface area contributed by atoms with Crippen LogP contribution in [0.2, 0.25) is 0 Å². The molecule has 11 nitrogen and oxygen atoms in total. The van der Waals surface area contributed by atoms with Crippen molar-refractivity contribution in [2.45, 2.75) is 146 Å². The Morgan fingerprint density at radius 3 is 2.03 bits per heavy atom. The molecular weight excluding hydrogens is 486 g/mol.